The van der Waals surface area contributed by atoms with Crippen LogP contribution in [0.1, 0.15) is 5.82 Å². The summed E-state index contributed by atoms with van der Waals surface area (Å²) in [6.07, 6.45) is 1.54. The van der Waals surface area contributed by atoms with Gasteiger partial charge in [-0.05, 0) is 30.3 Å². The predicted octanol–water partition coefficient (Wildman–Crippen LogP) is 2.10. The zero-order chi connectivity index (χ0) is 12.1. The number of nitriles is 1. The predicted molar refractivity (Wildman–Crippen MR) is 63.0 cm³/mol. The molecule has 5 heteroatoms. The third-order valence-electron chi connectivity index (χ3n) is 2.12. The summed E-state index contributed by atoms with van der Waals surface area (Å²) < 4.78 is 5.06. The van der Waals surface area contributed by atoms with Gasteiger partial charge in [0.1, 0.15) is 17.6 Å². The average molecular weight is 226 g/mol. The van der Waals surface area contributed by atoms with Gasteiger partial charge in [0.15, 0.2) is 0 Å². The smallest absolute Gasteiger partial charge is 0.234 e. The third kappa shape index (κ3) is 2.69. The van der Waals surface area contributed by atoms with Crippen LogP contribution >= 0.6 is 0 Å². The Balaban J connectivity index is 2.16. The quantitative estimate of drug-likeness (QED) is 0.867. The zero-order valence-electron chi connectivity index (χ0n) is 9.21. The maximum atomic E-state index is 8.68. The largest absolute Gasteiger partial charge is 0.497 e. The maximum Gasteiger partial charge on any atom is 0.234 e. The Bertz CT molecular complexity index is 545. The lowest BCUT2D eigenvalue weighted by atomic mass is 10.3. The molecule has 0 amide bonds. The summed E-state index contributed by atoms with van der Waals surface area (Å²) in [7, 11) is 1.62. The van der Waals surface area contributed by atoms with Crippen LogP contribution in [0.25, 0.3) is 0 Å². The van der Waals surface area contributed by atoms with Gasteiger partial charge in [-0.15, -0.1) is 0 Å². The number of ether oxygens (including phenoxy) is 1. The van der Waals surface area contributed by atoms with Crippen molar-refractivity contribution in [1.29, 1.82) is 5.26 Å². The number of nitrogens with one attached hydrogen (secondary N) is 1. The first kappa shape index (κ1) is 10.9. The van der Waals surface area contributed by atoms with Crippen LogP contribution in [0.5, 0.6) is 5.75 Å². The van der Waals surface area contributed by atoms with E-state index in [-0.39, 0.29) is 5.82 Å². The highest BCUT2D eigenvalue weighted by atomic mass is 16.5. The first-order chi connectivity index (χ1) is 8.31. The molecule has 5 nitrogen and oxygen atoms in total. The van der Waals surface area contributed by atoms with Crippen LogP contribution in [0.15, 0.2) is 36.5 Å². The molecule has 2 aromatic rings. The van der Waals surface area contributed by atoms with Crippen molar-refractivity contribution in [3.63, 3.8) is 0 Å². The van der Waals surface area contributed by atoms with Gasteiger partial charge in [-0.25, -0.2) is 9.97 Å². The molecule has 17 heavy (non-hydrogen) atoms. The molecule has 0 saturated heterocycles. The second-order valence-corrected chi connectivity index (χ2v) is 3.23. The van der Waals surface area contributed by atoms with Crippen LogP contribution in [-0.4, -0.2) is 17.1 Å². The van der Waals surface area contributed by atoms with Gasteiger partial charge in [0.2, 0.25) is 5.82 Å². The molecule has 0 radical (unpaired) electrons. The van der Waals surface area contributed by atoms with Crippen LogP contribution in [0, 0.1) is 11.3 Å². The lowest BCUT2D eigenvalue weighted by molar-refractivity contribution is 0.415. The summed E-state index contributed by atoms with van der Waals surface area (Å²) in [4.78, 5) is 7.81. The molecule has 1 heterocycles. The Kier molecular flexibility index (Phi) is 3.17. The summed E-state index contributed by atoms with van der Waals surface area (Å²) >= 11 is 0. The minimum absolute atomic E-state index is 0.142. The van der Waals surface area contributed by atoms with Gasteiger partial charge >= 0.3 is 0 Å². The van der Waals surface area contributed by atoms with Gasteiger partial charge in [0, 0.05) is 11.9 Å². The monoisotopic (exact) mass is 226 g/mol. The Morgan fingerprint density at radius 3 is 2.65 bits per heavy atom. The van der Waals surface area contributed by atoms with E-state index < -0.39 is 0 Å². The molecule has 0 fully saturated rings. The van der Waals surface area contributed by atoms with Gasteiger partial charge in [0.05, 0.1) is 7.11 Å². The van der Waals surface area contributed by atoms with E-state index in [1.165, 1.54) is 6.20 Å². The maximum absolute atomic E-state index is 8.68. The fourth-order valence-electron chi connectivity index (χ4n) is 1.30. The molecule has 84 valence electrons. The standard InChI is InChI=1S/C12H10N4O/c1-17-10-4-2-9(3-5-10)15-11-6-7-14-12(8-13)16-11/h2-7H,1H3,(H,14,15,16). The van der Waals surface area contributed by atoms with Crippen molar-refractivity contribution in [3.8, 4) is 11.8 Å². The van der Waals surface area contributed by atoms with E-state index >= 15 is 0 Å². The second kappa shape index (κ2) is 4.94. The highest BCUT2D eigenvalue weighted by molar-refractivity contribution is 5.56. The normalized spacial score (nSPS) is 9.41. The minimum Gasteiger partial charge on any atom is -0.497 e. The highest BCUT2D eigenvalue weighted by Gasteiger charge is 1.99. The van der Waals surface area contributed by atoms with Crippen molar-refractivity contribution in [2.45, 2.75) is 0 Å². The minimum atomic E-state index is 0.142. The second-order valence-electron chi connectivity index (χ2n) is 3.23. The van der Waals surface area contributed by atoms with Gasteiger partial charge in [-0.1, -0.05) is 0 Å². The molecule has 0 spiro atoms. The molecule has 1 aromatic heterocycles. The summed E-state index contributed by atoms with van der Waals surface area (Å²) in [6, 6.07) is 11.0. The number of aromatic nitrogens is 2. The topological polar surface area (TPSA) is 70.8 Å². The van der Waals surface area contributed by atoms with Gasteiger partial charge in [0.25, 0.3) is 0 Å². The number of nitrogens with zero attached hydrogens (tertiary/aromatic N) is 3. The van der Waals surface area contributed by atoms with E-state index in [1.807, 2.05) is 30.3 Å². The Morgan fingerprint density at radius 2 is 2.00 bits per heavy atom. The number of benzene rings is 1. The highest BCUT2D eigenvalue weighted by Crippen LogP contribution is 2.18. The SMILES string of the molecule is COc1ccc(Nc2ccnc(C#N)n2)cc1. The van der Waals surface area contributed by atoms with Gasteiger partial charge in [-0.2, -0.15) is 5.26 Å². The lowest BCUT2D eigenvalue weighted by Gasteiger charge is -2.06. The number of rotatable bonds is 3. The third-order valence-corrected chi connectivity index (χ3v) is 2.12. The molecule has 0 bridgehead atoms. The molecule has 0 aliphatic carbocycles. The number of hydrogen-bond donors (Lipinski definition) is 1. The van der Waals surface area contributed by atoms with Crippen molar-refractivity contribution in [1.82, 2.24) is 9.97 Å². The summed E-state index contributed by atoms with van der Waals surface area (Å²) in [5.41, 5.74) is 0.869. The molecule has 0 unspecified atom stereocenters. The molecule has 0 aliphatic rings. The fraction of sp³-hybridized carbons (Fsp3) is 0.0833. The van der Waals surface area contributed by atoms with E-state index in [4.69, 9.17) is 10.00 Å². The van der Waals surface area contributed by atoms with Crippen LogP contribution in [-0.2, 0) is 0 Å². The van der Waals surface area contributed by atoms with E-state index in [0.29, 0.717) is 5.82 Å². The first-order valence-electron chi connectivity index (χ1n) is 4.96. The van der Waals surface area contributed by atoms with Crippen molar-refractivity contribution < 1.29 is 4.74 Å². The van der Waals surface area contributed by atoms with E-state index in [2.05, 4.69) is 15.3 Å². The Morgan fingerprint density at radius 1 is 1.24 bits per heavy atom. The average Bonchev–Trinajstić information content (AvgIpc) is 2.40. The molecular formula is C12H10N4O. The molecule has 0 aliphatic heterocycles. The summed E-state index contributed by atoms with van der Waals surface area (Å²) in [5.74, 6) is 1.51. The van der Waals surface area contributed by atoms with Gasteiger partial charge < -0.3 is 10.1 Å². The number of anilines is 2. The van der Waals surface area contributed by atoms with E-state index in [0.717, 1.165) is 11.4 Å². The van der Waals surface area contributed by atoms with Gasteiger partial charge in [-0.3, -0.25) is 0 Å². The van der Waals surface area contributed by atoms with E-state index in [9.17, 15) is 0 Å². The number of hydrogen-bond acceptors (Lipinski definition) is 5. The molecule has 0 saturated carbocycles. The molecule has 1 N–H and O–H groups in total. The fourth-order valence-corrected chi connectivity index (χ4v) is 1.30. The lowest BCUT2D eigenvalue weighted by Crippen LogP contribution is -1.96. The Labute approximate surface area is 98.7 Å². The summed E-state index contributed by atoms with van der Waals surface area (Å²) in [5, 5.41) is 11.7. The first-order valence-corrected chi connectivity index (χ1v) is 4.96. The van der Waals surface area contributed by atoms with Crippen LogP contribution < -0.4 is 10.1 Å². The van der Waals surface area contributed by atoms with E-state index in [1.54, 1.807) is 13.2 Å². The van der Waals surface area contributed by atoms with Crippen LogP contribution in [0.2, 0.25) is 0 Å². The zero-order valence-corrected chi connectivity index (χ0v) is 9.21. The summed E-state index contributed by atoms with van der Waals surface area (Å²) in [6.45, 7) is 0. The van der Waals surface area contributed by atoms with Crippen molar-refractivity contribution in [3.05, 3.63) is 42.4 Å². The number of methoxy groups -OCH3 is 1. The van der Waals surface area contributed by atoms with Crippen LogP contribution in [0.4, 0.5) is 11.5 Å². The van der Waals surface area contributed by atoms with Crippen molar-refractivity contribution >= 4 is 11.5 Å². The molecule has 0 atom stereocenters. The molecule has 2 rings (SSSR count). The molecule has 1 aromatic carbocycles. The molecular weight excluding hydrogens is 216 g/mol. The Hall–Kier alpha value is -2.61. The van der Waals surface area contributed by atoms with Crippen molar-refractivity contribution in [2.75, 3.05) is 12.4 Å². The van der Waals surface area contributed by atoms with Crippen LogP contribution in [0.3, 0.4) is 0 Å². The van der Waals surface area contributed by atoms with Crippen molar-refractivity contribution in [2.24, 2.45) is 0 Å².